The number of rotatable bonds is 3. The molecule has 0 atom stereocenters. The average molecular weight is 239 g/mol. The standard InChI is InChI=1S/C11H14N4.ClH/c1-12-8-10-11(14-15(2)13-10)9-6-4-3-5-7-9;/h3-7,12H,8H2,1-2H3;1H. The highest BCUT2D eigenvalue weighted by atomic mass is 35.5. The van der Waals surface area contributed by atoms with E-state index in [9.17, 15) is 0 Å². The molecule has 0 saturated carbocycles. The maximum Gasteiger partial charge on any atom is 0.117 e. The number of benzene rings is 1. The first-order chi connectivity index (χ1) is 7.31. The Morgan fingerprint density at radius 2 is 1.88 bits per heavy atom. The predicted molar refractivity (Wildman–Crippen MR) is 66.5 cm³/mol. The second-order valence-electron chi connectivity index (χ2n) is 3.38. The predicted octanol–water partition coefficient (Wildman–Crippen LogP) is 1.62. The minimum Gasteiger partial charge on any atom is -0.314 e. The fourth-order valence-corrected chi connectivity index (χ4v) is 1.55. The summed E-state index contributed by atoms with van der Waals surface area (Å²) in [6.45, 7) is 0.734. The number of hydrogen-bond donors (Lipinski definition) is 1. The zero-order valence-corrected chi connectivity index (χ0v) is 10.2. The normalized spacial score (nSPS) is 9.88. The third kappa shape index (κ3) is 2.59. The van der Waals surface area contributed by atoms with Crippen LogP contribution in [-0.4, -0.2) is 22.0 Å². The lowest BCUT2D eigenvalue weighted by molar-refractivity contribution is 0.638. The van der Waals surface area contributed by atoms with Crippen LogP contribution < -0.4 is 5.32 Å². The number of hydrogen-bond acceptors (Lipinski definition) is 3. The quantitative estimate of drug-likeness (QED) is 0.884. The Morgan fingerprint density at radius 3 is 2.50 bits per heavy atom. The summed E-state index contributed by atoms with van der Waals surface area (Å²) in [5.41, 5.74) is 3.04. The molecular weight excluding hydrogens is 224 g/mol. The molecule has 4 nitrogen and oxygen atoms in total. The van der Waals surface area contributed by atoms with E-state index in [1.165, 1.54) is 0 Å². The molecule has 0 aliphatic rings. The molecule has 2 rings (SSSR count). The fraction of sp³-hybridized carbons (Fsp3) is 0.273. The van der Waals surface area contributed by atoms with Crippen LogP contribution in [0.5, 0.6) is 0 Å². The Hall–Kier alpha value is -1.39. The summed E-state index contributed by atoms with van der Waals surface area (Å²) in [5, 5.41) is 11.8. The summed E-state index contributed by atoms with van der Waals surface area (Å²) in [4.78, 5) is 1.61. The average Bonchev–Trinajstić information content (AvgIpc) is 2.62. The van der Waals surface area contributed by atoms with E-state index in [0.717, 1.165) is 23.5 Å². The van der Waals surface area contributed by atoms with Gasteiger partial charge in [-0.3, -0.25) is 0 Å². The molecule has 1 heterocycles. The Morgan fingerprint density at radius 1 is 1.19 bits per heavy atom. The Kier molecular flexibility index (Phi) is 4.46. The maximum absolute atomic E-state index is 4.37. The minimum absolute atomic E-state index is 0. The van der Waals surface area contributed by atoms with Crippen molar-refractivity contribution in [1.82, 2.24) is 20.3 Å². The second-order valence-corrected chi connectivity index (χ2v) is 3.38. The molecule has 1 aromatic carbocycles. The monoisotopic (exact) mass is 238 g/mol. The summed E-state index contributed by atoms with van der Waals surface area (Å²) >= 11 is 0. The molecule has 0 bridgehead atoms. The van der Waals surface area contributed by atoms with Crippen molar-refractivity contribution in [2.75, 3.05) is 7.05 Å². The molecule has 1 aromatic heterocycles. The highest BCUT2D eigenvalue weighted by Gasteiger charge is 2.10. The van der Waals surface area contributed by atoms with Gasteiger partial charge in [0.05, 0.1) is 0 Å². The molecule has 16 heavy (non-hydrogen) atoms. The van der Waals surface area contributed by atoms with Crippen LogP contribution in [0.2, 0.25) is 0 Å². The van der Waals surface area contributed by atoms with E-state index in [0.29, 0.717) is 0 Å². The zero-order chi connectivity index (χ0) is 10.7. The topological polar surface area (TPSA) is 42.7 Å². The van der Waals surface area contributed by atoms with Gasteiger partial charge in [-0.25, -0.2) is 0 Å². The first kappa shape index (κ1) is 12.7. The van der Waals surface area contributed by atoms with Crippen molar-refractivity contribution in [3.63, 3.8) is 0 Å². The molecule has 2 aromatic rings. The molecule has 0 fully saturated rings. The van der Waals surface area contributed by atoms with Crippen LogP contribution >= 0.6 is 12.4 Å². The summed E-state index contributed by atoms with van der Waals surface area (Å²) in [5.74, 6) is 0. The Balaban J connectivity index is 0.00000128. The highest BCUT2D eigenvalue weighted by molar-refractivity contribution is 5.85. The van der Waals surface area contributed by atoms with Gasteiger partial charge in [0.1, 0.15) is 11.4 Å². The van der Waals surface area contributed by atoms with E-state index >= 15 is 0 Å². The number of nitrogens with zero attached hydrogens (tertiary/aromatic N) is 3. The molecular formula is C11H15ClN4. The van der Waals surface area contributed by atoms with Crippen LogP contribution in [0.1, 0.15) is 5.69 Å². The van der Waals surface area contributed by atoms with Gasteiger partial charge >= 0.3 is 0 Å². The van der Waals surface area contributed by atoms with Gasteiger partial charge in [-0.1, -0.05) is 30.3 Å². The number of nitrogens with one attached hydrogen (secondary N) is 1. The van der Waals surface area contributed by atoms with E-state index < -0.39 is 0 Å². The fourth-order valence-electron chi connectivity index (χ4n) is 1.55. The summed E-state index contributed by atoms with van der Waals surface area (Å²) < 4.78 is 0. The zero-order valence-electron chi connectivity index (χ0n) is 9.34. The molecule has 1 N–H and O–H groups in total. The van der Waals surface area contributed by atoms with E-state index in [1.807, 2.05) is 44.4 Å². The third-order valence-corrected chi connectivity index (χ3v) is 2.17. The van der Waals surface area contributed by atoms with Crippen LogP contribution in [0, 0.1) is 0 Å². The maximum atomic E-state index is 4.37. The van der Waals surface area contributed by atoms with Gasteiger partial charge in [-0.15, -0.1) is 12.4 Å². The number of aryl methyl sites for hydroxylation is 1. The lowest BCUT2D eigenvalue weighted by Crippen LogP contribution is -2.07. The van der Waals surface area contributed by atoms with Crippen molar-refractivity contribution in [2.45, 2.75) is 6.54 Å². The van der Waals surface area contributed by atoms with Gasteiger partial charge < -0.3 is 5.32 Å². The van der Waals surface area contributed by atoms with Crippen molar-refractivity contribution in [1.29, 1.82) is 0 Å². The number of aromatic nitrogens is 3. The van der Waals surface area contributed by atoms with Crippen molar-refractivity contribution in [3.8, 4) is 11.3 Å². The largest absolute Gasteiger partial charge is 0.314 e. The molecule has 86 valence electrons. The first-order valence-electron chi connectivity index (χ1n) is 4.91. The third-order valence-electron chi connectivity index (χ3n) is 2.17. The lowest BCUT2D eigenvalue weighted by Gasteiger charge is -1.98. The van der Waals surface area contributed by atoms with Crippen LogP contribution in [-0.2, 0) is 13.6 Å². The SMILES string of the molecule is CNCc1nn(C)nc1-c1ccccc1.Cl. The molecule has 0 amide bonds. The van der Waals surface area contributed by atoms with Gasteiger partial charge in [0.15, 0.2) is 0 Å². The molecule has 0 unspecified atom stereocenters. The van der Waals surface area contributed by atoms with Crippen LogP contribution in [0.4, 0.5) is 0 Å². The smallest absolute Gasteiger partial charge is 0.117 e. The second kappa shape index (κ2) is 5.63. The van der Waals surface area contributed by atoms with E-state index in [-0.39, 0.29) is 12.4 Å². The van der Waals surface area contributed by atoms with Crippen molar-refractivity contribution >= 4 is 12.4 Å². The van der Waals surface area contributed by atoms with Gasteiger partial charge in [-0.05, 0) is 7.05 Å². The molecule has 0 radical (unpaired) electrons. The molecule has 0 saturated heterocycles. The minimum atomic E-state index is 0. The van der Waals surface area contributed by atoms with Gasteiger partial charge in [-0.2, -0.15) is 15.0 Å². The van der Waals surface area contributed by atoms with E-state index in [1.54, 1.807) is 4.80 Å². The Bertz CT molecular complexity index is 439. The van der Waals surface area contributed by atoms with Gasteiger partial charge in [0.25, 0.3) is 0 Å². The summed E-state index contributed by atoms with van der Waals surface area (Å²) in [7, 11) is 3.75. The first-order valence-corrected chi connectivity index (χ1v) is 4.91. The molecule has 0 aliphatic carbocycles. The van der Waals surface area contributed by atoms with Crippen LogP contribution in [0.3, 0.4) is 0 Å². The van der Waals surface area contributed by atoms with Gasteiger partial charge in [0.2, 0.25) is 0 Å². The summed E-state index contributed by atoms with van der Waals surface area (Å²) in [6.07, 6.45) is 0. The van der Waals surface area contributed by atoms with Crippen molar-refractivity contribution < 1.29 is 0 Å². The van der Waals surface area contributed by atoms with E-state index in [2.05, 4.69) is 15.5 Å². The van der Waals surface area contributed by atoms with Crippen molar-refractivity contribution in [2.24, 2.45) is 7.05 Å². The van der Waals surface area contributed by atoms with E-state index in [4.69, 9.17) is 0 Å². The Labute approximate surface area is 101 Å². The highest BCUT2D eigenvalue weighted by Crippen LogP contribution is 2.19. The summed E-state index contributed by atoms with van der Waals surface area (Å²) in [6, 6.07) is 10.1. The van der Waals surface area contributed by atoms with Crippen LogP contribution in [0.15, 0.2) is 30.3 Å². The van der Waals surface area contributed by atoms with Crippen LogP contribution in [0.25, 0.3) is 11.3 Å². The lowest BCUT2D eigenvalue weighted by atomic mass is 10.1. The number of halogens is 1. The van der Waals surface area contributed by atoms with Gasteiger partial charge in [0, 0.05) is 19.2 Å². The molecule has 5 heteroatoms. The molecule has 0 spiro atoms. The van der Waals surface area contributed by atoms with Crippen molar-refractivity contribution in [3.05, 3.63) is 36.0 Å². The molecule has 0 aliphatic heterocycles.